The molecule has 2 aromatic carbocycles. The van der Waals surface area contributed by atoms with Gasteiger partial charge in [-0.05, 0) is 48.2 Å². The molecule has 29 heavy (non-hydrogen) atoms. The molecule has 0 bridgehead atoms. The Morgan fingerprint density at radius 2 is 1.83 bits per heavy atom. The van der Waals surface area contributed by atoms with E-state index in [-0.39, 0.29) is 17.1 Å². The van der Waals surface area contributed by atoms with Crippen molar-refractivity contribution < 1.29 is 17.9 Å². The van der Waals surface area contributed by atoms with E-state index in [1.54, 1.807) is 36.0 Å². The zero-order valence-electron chi connectivity index (χ0n) is 15.8. The smallest absolute Gasteiger partial charge is 0.279 e. The summed E-state index contributed by atoms with van der Waals surface area (Å²) in [5, 5.41) is 8.54. The van der Waals surface area contributed by atoms with Crippen molar-refractivity contribution in [3.8, 4) is 5.75 Å². The molecule has 3 aromatic rings. The lowest BCUT2D eigenvalue weighted by molar-refractivity contribution is 0.0947. The number of H-pyrrole nitrogens is 1. The summed E-state index contributed by atoms with van der Waals surface area (Å²) in [5.41, 5.74) is 1.17. The van der Waals surface area contributed by atoms with Gasteiger partial charge in [-0.3, -0.25) is 14.6 Å². The van der Waals surface area contributed by atoms with E-state index in [2.05, 4.69) is 20.2 Å². The second-order valence-corrected chi connectivity index (χ2v) is 8.48. The van der Waals surface area contributed by atoms with E-state index in [1.807, 2.05) is 30.5 Å². The first-order chi connectivity index (χ1) is 13.9. The van der Waals surface area contributed by atoms with Crippen molar-refractivity contribution in [3.63, 3.8) is 0 Å². The second-order valence-electron chi connectivity index (χ2n) is 5.98. The number of nitrogens with one attached hydrogen (secondary N) is 3. The SMILES string of the molecule is COc1ccc(NS(=O)(=O)c2[nH]ncc2C(=O)NCc2ccc(SC)cc2)cc1. The second kappa shape index (κ2) is 9.01. The van der Waals surface area contributed by atoms with Gasteiger partial charge in [0.1, 0.15) is 5.75 Å². The van der Waals surface area contributed by atoms with Gasteiger partial charge < -0.3 is 10.1 Å². The molecule has 0 unspecified atom stereocenters. The van der Waals surface area contributed by atoms with Gasteiger partial charge in [0.2, 0.25) is 0 Å². The van der Waals surface area contributed by atoms with Gasteiger partial charge >= 0.3 is 0 Å². The van der Waals surface area contributed by atoms with Crippen LogP contribution in [0.5, 0.6) is 5.75 Å². The van der Waals surface area contributed by atoms with Crippen molar-refractivity contribution in [2.45, 2.75) is 16.5 Å². The number of carbonyl (C=O) groups excluding carboxylic acids is 1. The van der Waals surface area contributed by atoms with E-state index in [0.717, 1.165) is 10.5 Å². The van der Waals surface area contributed by atoms with Crippen molar-refractivity contribution in [2.24, 2.45) is 0 Å². The van der Waals surface area contributed by atoms with E-state index in [4.69, 9.17) is 4.74 Å². The number of aromatic nitrogens is 2. The summed E-state index contributed by atoms with van der Waals surface area (Å²) >= 11 is 1.63. The standard InChI is InChI=1S/C19H20N4O4S2/c1-27-15-7-5-14(6-8-15)23-29(25,26)19-17(12-21-22-19)18(24)20-11-13-3-9-16(28-2)10-4-13/h3-10,12,23H,11H2,1-2H3,(H,20,24)(H,21,22). The molecule has 10 heteroatoms. The van der Waals surface area contributed by atoms with Crippen molar-refractivity contribution in [3.05, 3.63) is 65.9 Å². The molecule has 0 aliphatic rings. The van der Waals surface area contributed by atoms with Crippen molar-refractivity contribution in [1.29, 1.82) is 0 Å². The average Bonchev–Trinajstić information content (AvgIpc) is 3.24. The minimum Gasteiger partial charge on any atom is -0.497 e. The number of carbonyl (C=O) groups is 1. The normalized spacial score (nSPS) is 11.1. The fourth-order valence-electron chi connectivity index (χ4n) is 2.53. The molecule has 1 aromatic heterocycles. The van der Waals surface area contributed by atoms with Gasteiger partial charge in [-0.1, -0.05) is 12.1 Å². The summed E-state index contributed by atoms with van der Waals surface area (Å²) in [7, 11) is -2.51. The monoisotopic (exact) mass is 432 g/mol. The average molecular weight is 433 g/mol. The highest BCUT2D eigenvalue weighted by molar-refractivity contribution is 7.98. The van der Waals surface area contributed by atoms with Crippen molar-refractivity contribution >= 4 is 33.4 Å². The Kier molecular flexibility index (Phi) is 6.45. The lowest BCUT2D eigenvalue weighted by Crippen LogP contribution is -2.25. The fourth-order valence-corrected chi connectivity index (χ4v) is 4.09. The highest BCUT2D eigenvalue weighted by Crippen LogP contribution is 2.20. The predicted molar refractivity (Wildman–Crippen MR) is 112 cm³/mol. The Hall–Kier alpha value is -2.98. The van der Waals surface area contributed by atoms with Crippen LogP contribution in [0.4, 0.5) is 5.69 Å². The first kappa shape index (κ1) is 20.7. The predicted octanol–water partition coefficient (Wildman–Crippen LogP) is 2.87. The molecular weight excluding hydrogens is 412 g/mol. The Morgan fingerprint density at radius 1 is 1.14 bits per heavy atom. The quantitative estimate of drug-likeness (QED) is 0.472. The molecular formula is C19H20N4O4S2. The third kappa shape index (κ3) is 5.09. The van der Waals surface area contributed by atoms with Crippen LogP contribution in [0, 0.1) is 0 Å². The van der Waals surface area contributed by atoms with E-state index in [9.17, 15) is 13.2 Å². The van der Waals surface area contributed by atoms with E-state index < -0.39 is 15.9 Å². The number of hydrogen-bond acceptors (Lipinski definition) is 6. The van der Waals surface area contributed by atoms with Gasteiger partial charge in [-0.25, -0.2) is 0 Å². The molecule has 0 spiro atoms. The first-order valence-electron chi connectivity index (χ1n) is 8.54. The van der Waals surface area contributed by atoms with Gasteiger partial charge in [0, 0.05) is 17.1 Å². The number of amides is 1. The third-order valence-corrected chi connectivity index (χ3v) is 6.17. The zero-order chi connectivity index (χ0) is 20.9. The maximum Gasteiger partial charge on any atom is 0.279 e. The largest absolute Gasteiger partial charge is 0.497 e. The van der Waals surface area contributed by atoms with E-state index in [0.29, 0.717) is 11.4 Å². The number of rotatable bonds is 8. The maximum absolute atomic E-state index is 12.7. The zero-order valence-corrected chi connectivity index (χ0v) is 17.4. The van der Waals surface area contributed by atoms with Crippen LogP contribution in [-0.4, -0.2) is 37.9 Å². The number of aromatic amines is 1. The summed E-state index contributed by atoms with van der Waals surface area (Å²) in [4.78, 5) is 13.6. The number of hydrogen-bond donors (Lipinski definition) is 3. The molecule has 0 fully saturated rings. The summed E-state index contributed by atoms with van der Waals surface area (Å²) in [6, 6.07) is 14.1. The van der Waals surface area contributed by atoms with Crippen LogP contribution in [0.15, 0.2) is 64.6 Å². The number of methoxy groups -OCH3 is 1. The molecule has 0 atom stereocenters. The Morgan fingerprint density at radius 3 is 2.45 bits per heavy atom. The molecule has 0 radical (unpaired) electrons. The van der Waals surface area contributed by atoms with Crippen LogP contribution in [0.25, 0.3) is 0 Å². The van der Waals surface area contributed by atoms with Crippen LogP contribution in [0.3, 0.4) is 0 Å². The summed E-state index contributed by atoms with van der Waals surface area (Å²) in [5.74, 6) is 0.0583. The molecule has 3 rings (SSSR count). The number of nitrogens with zero attached hydrogens (tertiary/aromatic N) is 1. The third-order valence-electron chi connectivity index (χ3n) is 4.07. The minimum absolute atomic E-state index is 0.0632. The molecule has 0 saturated heterocycles. The Balaban J connectivity index is 1.71. The molecule has 0 aliphatic carbocycles. The van der Waals surface area contributed by atoms with Crippen LogP contribution in [0.2, 0.25) is 0 Å². The maximum atomic E-state index is 12.7. The molecule has 1 heterocycles. The Bertz CT molecular complexity index is 1080. The van der Waals surface area contributed by atoms with Gasteiger partial charge in [-0.15, -0.1) is 11.8 Å². The number of ether oxygens (including phenoxy) is 1. The van der Waals surface area contributed by atoms with Crippen LogP contribution in [0.1, 0.15) is 15.9 Å². The highest BCUT2D eigenvalue weighted by Gasteiger charge is 2.25. The van der Waals surface area contributed by atoms with Crippen molar-refractivity contribution in [2.75, 3.05) is 18.1 Å². The highest BCUT2D eigenvalue weighted by atomic mass is 32.2. The van der Waals surface area contributed by atoms with Gasteiger partial charge in [0.05, 0.1) is 18.9 Å². The number of thioether (sulfide) groups is 1. The molecule has 8 nitrogen and oxygen atoms in total. The van der Waals surface area contributed by atoms with Crippen LogP contribution in [-0.2, 0) is 16.6 Å². The van der Waals surface area contributed by atoms with Gasteiger partial charge in [0.15, 0.2) is 5.03 Å². The molecule has 0 saturated carbocycles. The van der Waals surface area contributed by atoms with E-state index in [1.165, 1.54) is 13.3 Å². The van der Waals surface area contributed by atoms with Crippen LogP contribution < -0.4 is 14.8 Å². The number of sulfonamides is 1. The Labute approximate surface area is 173 Å². The lowest BCUT2D eigenvalue weighted by atomic mass is 10.2. The molecule has 0 aliphatic heterocycles. The van der Waals surface area contributed by atoms with Crippen LogP contribution >= 0.6 is 11.8 Å². The summed E-state index contributed by atoms with van der Waals surface area (Å²) < 4.78 is 32.9. The summed E-state index contributed by atoms with van der Waals surface area (Å²) in [6.45, 7) is 0.268. The lowest BCUT2D eigenvalue weighted by Gasteiger charge is -2.09. The minimum atomic E-state index is -4.03. The van der Waals surface area contributed by atoms with Crippen molar-refractivity contribution in [1.82, 2.24) is 15.5 Å². The van der Waals surface area contributed by atoms with Gasteiger partial charge in [-0.2, -0.15) is 13.5 Å². The first-order valence-corrected chi connectivity index (χ1v) is 11.2. The number of benzene rings is 2. The fraction of sp³-hybridized carbons (Fsp3) is 0.158. The topological polar surface area (TPSA) is 113 Å². The molecule has 152 valence electrons. The summed E-state index contributed by atoms with van der Waals surface area (Å²) in [6.07, 6.45) is 3.17. The van der Waals surface area contributed by atoms with E-state index >= 15 is 0 Å². The number of anilines is 1. The molecule has 1 amide bonds. The molecule has 3 N–H and O–H groups in total. The van der Waals surface area contributed by atoms with Gasteiger partial charge in [0.25, 0.3) is 15.9 Å².